The number of rotatable bonds is 4. The molecule has 0 aliphatic carbocycles. The Morgan fingerprint density at radius 3 is 2.33 bits per heavy atom. The molecule has 2 fully saturated rings. The van der Waals surface area contributed by atoms with Gasteiger partial charge in [-0.05, 0) is 31.2 Å². The van der Waals surface area contributed by atoms with Crippen LogP contribution in [0.3, 0.4) is 0 Å². The fourth-order valence-corrected chi connectivity index (χ4v) is 3.64. The molecule has 2 aliphatic heterocycles. The molecule has 3 heterocycles. The zero-order chi connectivity index (χ0) is 18.6. The molecule has 144 valence electrons. The van der Waals surface area contributed by atoms with E-state index in [0.29, 0.717) is 32.1 Å². The number of carbonyl (C=O) groups is 1. The molecule has 0 N–H and O–H groups in total. The Kier molecular flexibility index (Phi) is 5.45. The number of amides is 1. The van der Waals surface area contributed by atoms with Gasteiger partial charge in [-0.15, -0.1) is 0 Å². The minimum absolute atomic E-state index is 0.0336. The second-order valence-electron chi connectivity index (χ2n) is 7.27. The van der Waals surface area contributed by atoms with Gasteiger partial charge in [-0.2, -0.15) is 0 Å². The summed E-state index contributed by atoms with van der Waals surface area (Å²) in [5.74, 6) is 1.26. The molecule has 0 saturated carbocycles. The van der Waals surface area contributed by atoms with Crippen molar-refractivity contribution in [3.8, 4) is 0 Å². The summed E-state index contributed by atoms with van der Waals surface area (Å²) in [5.41, 5.74) is 2.58. The molecule has 0 unspecified atom stereocenters. The van der Waals surface area contributed by atoms with Crippen LogP contribution in [0.4, 0.5) is 5.69 Å². The maximum atomic E-state index is 12.5. The highest BCUT2D eigenvalue weighted by molar-refractivity contribution is 5.91. The molecule has 27 heavy (non-hydrogen) atoms. The van der Waals surface area contributed by atoms with Gasteiger partial charge in [0.05, 0.1) is 19.8 Å². The molecule has 1 amide bonds. The number of hydrogen-bond donors (Lipinski definition) is 0. The number of ether oxygens (including phenoxy) is 1. The lowest BCUT2D eigenvalue weighted by Gasteiger charge is -2.35. The van der Waals surface area contributed by atoms with Crippen LogP contribution in [0.5, 0.6) is 0 Å². The number of nitrogens with zero attached hydrogens (tertiary/aromatic N) is 3. The van der Waals surface area contributed by atoms with Crippen LogP contribution in [0.25, 0.3) is 0 Å². The second-order valence-corrected chi connectivity index (χ2v) is 7.27. The van der Waals surface area contributed by atoms with Crippen molar-refractivity contribution >= 4 is 11.6 Å². The molecule has 1 aromatic carbocycles. The van der Waals surface area contributed by atoms with Gasteiger partial charge >= 0.3 is 0 Å². The molecule has 6 nitrogen and oxygen atoms in total. The summed E-state index contributed by atoms with van der Waals surface area (Å²) in [4.78, 5) is 19.1. The summed E-state index contributed by atoms with van der Waals surface area (Å²) in [6.07, 6.45) is 0. The van der Waals surface area contributed by atoms with E-state index >= 15 is 0 Å². The van der Waals surface area contributed by atoms with Crippen LogP contribution in [0.1, 0.15) is 21.9 Å². The molecule has 2 saturated heterocycles. The van der Waals surface area contributed by atoms with Gasteiger partial charge in [-0.1, -0.05) is 17.7 Å². The Labute approximate surface area is 160 Å². The predicted octanol–water partition coefficient (Wildman–Crippen LogP) is 2.38. The molecule has 2 aromatic rings. The molecule has 4 rings (SSSR count). The van der Waals surface area contributed by atoms with Gasteiger partial charge in [-0.3, -0.25) is 9.69 Å². The van der Waals surface area contributed by atoms with Gasteiger partial charge in [0, 0.05) is 45.0 Å². The number of anilines is 1. The van der Waals surface area contributed by atoms with Crippen molar-refractivity contribution in [3.05, 3.63) is 53.5 Å². The van der Waals surface area contributed by atoms with Crippen LogP contribution < -0.4 is 4.90 Å². The third kappa shape index (κ3) is 4.34. The Morgan fingerprint density at radius 1 is 0.926 bits per heavy atom. The topological polar surface area (TPSA) is 49.2 Å². The summed E-state index contributed by atoms with van der Waals surface area (Å²) >= 11 is 0. The summed E-state index contributed by atoms with van der Waals surface area (Å²) < 4.78 is 11.1. The first-order valence-electron chi connectivity index (χ1n) is 9.69. The first-order valence-corrected chi connectivity index (χ1v) is 9.69. The normalized spacial score (nSPS) is 18.7. The van der Waals surface area contributed by atoms with E-state index in [9.17, 15) is 4.79 Å². The number of morpholine rings is 1. The minimum Gasteiger partial charge on any atom is -0.455 e. The minimum atomic E-state index is -0.0336. The van der Waals surface area contributed by atoms with E-state index < -0.39 is 0 Å². The lowest BCUT2D eigenvalue weighted by Crippen LogP contribution is -2.45. The van der Waals surface area contributed by atoms with Crippen LogP contribution in [0, 0.1) is 6.92 Å². The lowest BCUT2D eigenvalue weighted by atomic mass is 10.2. The molecule has 6 heteroatoms. The number of furan rings is 1. The van der Waals surface area contributed by atoms with E-state index in [2.05, 4.69) is 41.0 Å². The van der Waals surface area contributed by atoms with E-state index in [4.69, 9.17) is 9.15 Å². The van der Waals surface area contributed by atoms with Crippen molar-refractivity contribution in [1.29, 1.82) is 0 Å². The maximum Gasteiger partial charge on any atom is 0.289 e. The Hall–Kier alpha value is -2.31. The van der Waals surface area contributed by atoms with E-state index in [-0.39, 0.29) is 5.91 Å². The Bertz CT molecular complexity index is 757. The van der Waals surface area contributed by atoms with E-state index in [1.807, 2.05) is 6.07 Å². The molecule has 1 aromatic heterocycles. The van der Waals surface area contributed by atoms with Crippen molar-refractivity contribution in [2.24, 2.45) is 0 Å². The van der Waals surface area contributed by atoms with Gasteiger partial charge in [0.2, 0.25) is 0 Å². The van der Waals surface area contributed by atoms with Crippen LogP contribution in [0.15, 0.2) is 40.8 Å². The first-order chi connectivity index (χ1) is 13.2. The Morgan fingerprint density at radius 2 is 1.63 bits per heavy atom. The third-order valence-corrected chi connectivity index (χ3v) is 5.32. The maximum absolute atomic E-state index is 12.5. The summed E-state index contributed by atoms with van der Waals surface area (Å²) in [5, 5.41) is 0. The van der Waals surface area contributed by atoms with E-state index in [0.717, 1.165) is 38.5 Å². The number of hydrogen-bond acceptors (Lipinski definition) is 5. The standard InChI is InChI=1S/C21H27N3O3/c1-17-2-4-18(5-3-17)23-10-8-22(9-11-23)16-19-6-7-20(27-19)21(25)24-12-14-26-15-13-24/h2-7H,8-16H2,1H3. The van der Waals surface area contributed by atoms with Gasteiger partial charge < -0.3 is 19.0 Å². The molecule has 0 radical (unpaired) electrons. The Balaban J connectivity index is 1.30. The van der Waals surface area contributed by atoms with Crippen molar-refractivity contribution in [3.63, 3.8) is 0 Å². The van der Waals surface area contributed by atoms with Gasteiger partial charge in [0.25, 0.3) is 5.91 Å². The van der Waals surface area contributed by atoms with Crippen molar-refractivity contribution in [1.82, 2.24) is 9.80 Å². The molecule has 0 bridgehead atoms. The van der Waals surface area contributed by atoms with Gasteiger partial charge in [0.15, 0.2) is 5.76 Å². The smallest absolute Gasteiger partial charge is 0.289 e. The average Bonchev–Trinajstić information content (AvgIpc) is 3.18. The quantitative estimate of drug-likeness (QED) is 0.828. The first kappa shape index (κ1) is 18.1. The highest BCUT2D eigenvalue weighted by Gasteiger charge is 2.23. The monoisotopic (exact) mass is 369 g/mol. The van der Waals surface area contributed by atoms with E-state index in [1.54, 1.807) is 11.0 Å². The molecule has 0 atom stereocenters. The summed E-state index contributed by atoms with van der Waals surface area (Å²) in [6.45, 7) is 9.32. The van der Waals surface area contributed by atoms with Crippen LogP contribution in [-0.2, 0) is 11.3 Å². The number of piperazine rings is 1. The van der Waals surface area contributed by atoms with Crippen molar-refractivity contribution in [2.45, 2.75) is 13.5 Å². The lowest BCUT2D eigenvalue weighted by molar-refractivity contribution is 0.0281. The van der Waals surface area contributed by atoms with Gasteiger partial charge in [0.1, 0.15) is 5.76 Å². The number of benzene rings is 1. The molecular weight excluding hydrogens is 342 g/mol. The predicted molar refractivity (Wildman–Crippen MR) is 104 cm³/mol. The largest absolute Gasteiger partial charge is 0.455 e. The third-order valence-electron chi connectivity index (χ3n) is 5.32. The zero-order valence-corrected chi connectivity index (χ0v) is 15.9. The van der Waals surface area contributed by atoms with Crippen LogP contribution >= 0.6 is 0 Å². The average molecular weight is 369 g/mol. The fourth-order valence-electron chi connectivity index (χ4n) is 3.64. The van der Waals surface area contributed by atoms with Gasteiger partial charge in [-0.25, -0.2) is 0 Å². The molecular formula is C21H27N3O3. The SMILES string of the molecule is Cc1ccc(N2CCN(Cc3ccc(C(=O)N4CCOCC4)o3)CC2)cc1. The summed E-state index contributed by atoms with van der Waals surface area (Å²) in [6, 6.07) is 12.5. The molecule has 2 aliphatic rings. The van der Waals surface area contributed by atoms with Crippen molar-refractivity contribution < 1.29 is 13.9 Å². The number of carbonyl (C=O) groups excluding carboxylic acids is 1. The highest BCUT2D eigenvalue weighted by atomic mass is 16.5. The zero-order valence-electron chi connectivity index (χ0n) is 15.9. The van der Waals surface area contributed by atoms with E-state index in [1.165, 1.54) is 11.3 Å². The van der Waals surface area contributed by atoms with Crippen LogP contribution in [0.2, 0.25) is 0 Å². The highest BCUT2D eigenvalue weighted by Crippen LogP contribution is 2.19. The fraction of sp³-hybridized carbons (Fsp3) is 0.476. The summed E-state index contributed by atoms with van der Waals surface area (Å²) in [7, 11) is 0. The second kappa shape index (κ2) is 8.15. The van der Waals surface area contributed by atoms with Crippen molar-refractivity contribution in [2.75, 3.05) is 57.4 Å². The number of aryl methyl sites for hydroxylation is 1. The van der Waals surface area contributed by atoms with Crippen LogP contribution in [-0.4, -0.2) is 68.2 Å². The molecule has 0 spiro atoms.